The van der Waals surface area contributed by atoms with Crippen LogP contribution in [0.3, 0.4) is 0 Å². The van der Waals surface area contributed by atoms with Crippen LogP contribution in [0.15, 0.2) is 42.6 Å². The Hall–Kier alpha value is -2.32. The normalized spacial score (nSPS) is 22.2. The number of rotatable bonds is 3. The quantitative estimate of drug-likeness (QED) is 0.853. The third-order valence-electron chi connectivity index (χ3n) is 3.79. The Bertz CT molecular complexity index is 868. The molecular formula is C16H15FN2O4S. The van der Waals surface area contributed by atoms with Gasteiger partial charge in [0.25, 0.3) is 5.91 Å². The number of nitrogens with one attached hydrogen (secondary N) is 1. The van der Waals surface area contributed by atoms with Gasteiger partial charge >= 0.3 is 0 Å². The first kappa shape index (κ1) is 16.5. The highest BCUT2D eigenvalue weighted by Gasteiger charge is 2.37. The van der Waals surface area contributed by atoms with E-state index in [0.29, 0.717) is 11.3 Å². The maximum Gasteiger partial charge on any atom is 0.253 e. The van der Waals surface area contributed by atoms with Gasteiger partial charge in [0.1, 0.15) is 5.82 Å². The number of aromatic nitrogens is 1. The Labute approximate surface area is 138 Å². The molecule has 0 radical (unpaired) electrons. The van der Waals surface area contributed by atoms with Crippen LogP contribution in [0.25, 0.3) is 11.3 Å². The number of carbonyl (C=O) groups is 1. The maximum absolute atomic E-state index is 13.2. The van der Waals surface area contributed by atoms with E-state index in [1.54, 1.807) is 18.2 Å². The second-order valence-corrected chi connectivity index (χ2v) is 7.82. The van der Waals surface area contributed by atoms with E-state index in [4.69, 9.17) is 0 Å². The van der Waals surface area contributed by atoms with Crippen molar-refractivity contribution >= 4 is 15.7 Å². The van der Waals surface area contributed by atoms with Crippen molar-refractivity contribution < 1.29 is 22.7 Å². The van der Waals surface area contributed by atoms with Crippen LogP contribution in [-0.4, -0.2) is 48.1 Å². The highest BCUT2D eigenvalue weighted by molar-refractivity contribution is 7.91. The fourth-order valence-corrected chi connectivity index (χ4v) is 4.31. The molecule has 0 saturated carbocycles. The molecule has 1 aliphatic rings. The number of benzene rings is 1. The van der Waals surface area contributed by atoms with Crippen molar-refractivity contribution in [2.45, 2.75) is 12.1 Å². The summed E-state index contributed by atoms with van der Waals surface area (Å²) in [6, 6.07) is 8.18. The van der Waals surface area contributed by atoms with Gasteiger partial charge in [-0.25, -0.2) is 12.8 Å². The van der Waals surface area contributed by atoms with Crippen molar-refractivity contribution in [2.24, 2.45) is 0 Å². The summed E-state index contributed by atoms with van der Waals surface area (Å²) in [6.07, 6.45) is 0.212. The zero-order chi connectivity index (χ0) is 17.3. The van der Waals surface area contributed by atoms with Crippen molar-refractivity contribution in [3.63, 3.8) is 0 Å². The molecular weight excluding hydrogens is 335 g/mol. The molecule has 6 nitrogen and oxygen atoms in total. The molecule has 2 unspecified atom stereocenters. The Morgan fingerprint density at radius 3 is 2.62 bits per heavy atom. The van der Waals surface area contributed by atoms with Crippen LogP contribution in [0.4, 0.5) is 4.39 Å². The van der Waals surface area contributed by atoms with Gasteiger partial charge in [-0.1, -0.05) is 12.1 Å². The molecule has 2 atom stereocenters. The first-order chi connectivity index (χ1) is 11.3. The largest absolute Gasteiger partial charge is 0.390 e. The van der Waals surface area contributed by atoms with Crippen LogP contribution < -0.4 is 5.32 Å². The van der Waals surface area contributed by atoms with Crippen molar-refractivity contribution in [2.75, 3.05) is 11.5 Å². The SMILES string of the molecule is O=C(NC1CS(=O)(=O)CC1O)c1ccc(-c2cccc(F)c2)nc1. The van der Waals surface area contributed by atoms with Gasteiger partial charge < -0.3 is 10.4 Å². The summed E-state index contributed by atoms with van der Waals surface area (Å²) < 4.78 is 36.1. The molecule has 1 aromatic carbocycles. The maximum atomic E-state index is 13.2. The van der Waals surface area contributed by atoms with Gasteiger partial charge in [0.05, 0.1) is 34.9 Å². The average molecular weight is 350 g/mol. The van der Waals surface area contributed by atoms with E-state index in [9.17, 15) is 22.7 Å². The number of nitrogens with zero attached hydrogens (tertiary/aromatic N) is 1. The van der Waals surface area contributed by atoms with E-state index in [1.807, 2.05) is 0 Å². The molecule has 1 saturated heterocycles. The fraction of sp³-hybridized carbons (Fsp3) is 0.250. The smallest absolute Gasteiger partial charge is 0.253 e. The molecule has 0 bridgehead atoms. The summed E-state index contributed by atoms with van der Waals surface area (Å²) in [6.45, 7) is 0. The number of halogens is 1. The summed E-state index contributed by atoms with van der Waals surface area (Å²) in [5.41, 5.74) is 1.32. The van der Waals surface area contributed by atoms with Crippen molar-refractivity contribution in [3.8, 4) is 11.3 Å². The Morgan fingerprint density at radius 2 is 2.04 bits per heavy atom. The van der Waals surface area contributed by atoms with Crippen LogP contribution in [0.1, 0.15) is 10.4 Å². The lowest BCUT2D eigenvalue weighted by Gasteiger charge is -2.14. The number of hydrogen-bond acceptors (Lipinski definition) is 5. The second kappa shape index (κ2) is 6.29. The van der Waals surface area contributed by atoms with Gasteiger partial charge in [0, 0.05) is 11.8 Å². The number of sulfone groups is 1. The minimum Gasteiger partial charge on any atom is -0.390 e. The Balaban J connectivity index is 1.73. The van der Waals surface area contributed by atoms with Crippen LogP contribution in [-0.2, 0) is 9.84 Å². The molecule has 1 aromatic heterocycles. The highest BCUT2D eigenvalue weighted by atomic mass is 32.2. The molecule has 24 heavy (non-hydrogen) atoms. The predicted molar refractivity (Wildman–Crippen MR) is 85.5 cm³/mol. The first-order valence-electron chi connectivity index (χ1n) is 7.25. The number of carbonyl (C=O) groups excluding carboxylic acids is 1. The summed E-state index contributed by atoms with van der Waals surface area (Å²) in [5, 5.41) is 12.2. The average Bonchev–Trinajstić information content (AvgIpc) is 2.79. The van der Waals surface area contributed by atoms with Crippen LogP contribution in [0, 0.1) is 5.82 Å². The third-order valence-corrected chi connectivity index (χ3v) is 5.50. The topological polar surface area (TPSA) is 96.4 Å². The molecule has 2 aromatic rings. The van der Waals surface area contributed by atoms with Gasteiger partial charge in [-0.3, -0.25) is 9.78 Å². The van der Waals surface area contributed by atoms with Crippen molar-refractivity contribution in [1.82, 2.24) is 10.3 Å². The van der Waals surface area contributed by atoms with E-state index >= 15 is 0 Å². The summed E-state index contributed by atoms with van der Waals surface area (Å²) in [7, 11) is -3.34. The van der Waals surface area contributed by atoms with E-state index in [2.05, 4.69) is 10.3 Å². The van der Waals surface area contributed by atoms with Crippen LogP contribution >= 0.6 is 0 Å². The van der Waals surface area contributed by atoms with E-state index < -0.39 is 27.9 Å². The molecule has 0 spiro atoms. The van der Waals surface area contributed by atoms with Gasteiger partial charge in [-0.2, -0.15) is 0 Å². The van der Waals surface area contributed by atoms with Crippen molar-refractivity contribution in [1.29, 1.82) is 0 Å². The lowest BCUT2D eigenvalue weighted by atomic mass is 10.1. The third kappa shape index (κ3) is 3.60. The second-order valence-electron chi connectivity index (χ2n) is 5.67. The van der Waals surface area contributed by atoms with Crippen LogP contribution in [0.5, 0.6) is 0 Å². The molecule has 1 amide bonds. The molecule has 126 valence electrons. The van der Waals surface area contributed by atoms with Crippen molar-refractivity contribution in [3.05, 3.63) is 54.0 Å². The van der Waals surface area contributed by atoms with Gasteiger partial charge in [0.15, 0.2) is 9.84 Å². The lowest BCUT2D eigenvalue weighted by molar-refractivity contribution is 0.0888. The summed E-state index contributed by atoms with van der Waals surface area (Å²) in [4.78, 5) is 16.3. The number of amides is 1. The standard InChI is InChI=1S/C16H15FN2O4S/c17-12-3-1-2-10(6-12)13-5-4-11(7-18-13)16(21)19-14-8-24(22,23)9-15(14)20/h1-7,14-15,20H,8-9H2,(H,19,21). The minimum absolute atomic E-state index is 0.228. The van der Waals surface area contributed by atoms with Crippen LogP contribution in [0.2, 0.25) is 0 Å². The molecule has 0 aliphatic carbocycles. The molecule has 1 aliphatic heterocycles. The van der Waals surface area contributed by atoms with E-state index in [-0.39, 0.29) is 22.9 Å². The van der Waals surface area contributed by atoms with E-state index in [1.165, 1.54) is 24.4 Å². The summed E-state index contributed by atoms with van der Waals surface area (Å²) in [5.74, 6) is -1.54. The van der Waals surface area contributed by atoms with Gasteiger partial charge in [-0.05, 0) is 24.3 Å². The van der Waals surface area contributed by atoms with Gasteiger partial charge in [0.2, 0.25) is 0 Å². The van der Waals surface area contributed by atoms with Gasteiger partial charge in [-0.15, -0.1) is 0 Å². The number of hydrogen-bond donors (Lipinski definition) is 2. The lowest BCUT2D eigenvalue weighted by Crippen LogP contribution is -2.42. The molecule has 2 N–H and O–H groups in total. The summed E-state index contributed by atoms with van der Waals surface area (Å²) >= 11 is 0. The number of pyridine rings is 1. The number of aliphatic hydroxyl groups excluding tert-OH is 1. The Morgan fingerprint density at radius 1 is 1.25 bits per heavy atom. The first-order valence-corrected chi connectivity index (χ1v) is 9.07. The molecule has 1 fully saturated rings. The molecule has 3 rings (SSSR count). The monoisotopic (exact) mass is 350 g/mol. The molecule has 2 heterocycles. The Kier molecular flexibility index (Phi) is 4.33. The number of aliphatic hydroxyl groups is 1. The highest BCUT2D eigenvalue weighted by Crippen LogP contribution is 2.18. The zero-order valence-corrected chi connectivity index (χ0v) is 13.3. The minimum atomic E-state index is -3.34. The predicted octanol–water partition coefficient (Wildman–Crippen LogP) is 0.775. The van der Waals surface area contributed by atoms with E-state index in [0.717, 1.165) is 0 Å². The zero-order valence-electron chi connectivity index (χ0n) is 12.5. The molecule has 8 heteroatoms. The fourth-order valence-electron chi connectivity index (χ4n) is 2.57.